The zero-order valence-corrected chi connectivity index (χ0v) is 24.6. The third kappa shape index (κ3) is 7.09. The topological polar surface area (TPSA) is 82.1 Å². The maximum absolute atomic E-state index is 13.7. The van der Waals surface area contributed by atoms with Gasteiger partial charge in [0.2, 0.25) is 9.84 Å². The predicted molar refractivity (Wildman–Crippen MR) is 160 cm³/mol. The maximum atomic E-state index is 13.7. The van der Waals surface area contributed by atoms with E-state index in [0.29, 0.717) is 5.56 Å². The van der Waals surface area contributed by atoms with Crippen LogP contribution in [0.4, 0.5) is 0 Å². The van der Waals surface area contributed by atoms with Crippen molar-refractivity contribution in [2.24, 2.45) is 0 Å². The Morgan fingerprint density at radius 1 is 0.756 bits per heavy atom. The van der Waals surface area contributed by atoms with Crippen LogP contribution in [0.3, 0.4) is 0 Å². The third-order valence-electron chi connectivity index (χ3n) is 7.05. The lowest BCUT2D eigenvalue weighted by Gasteiger charge is -2.27. The zero-order chi connectivity index (χ0) is 28.8. The van der Waals surface area contributed by atoms with Crippen molar-refractivity contribution in [2.45, 2.75) is 66.0 Å². The van der Waals surface area contributed by atoms with Gasteiger partial charge in [-0.3, -0.25) is 0 Å². The SMILES string of the molecule is Cc1ccc(S[C@@H]2O[C@H](C(O)S(=O)(=O)c3ccccc3C)[C@H](OCc3ccccc3)[C@H]2OCc2ccccc2)cc1. The van der Waals surface area contributed by atoms with Gasteiger partial charge in [0, 0.05) is 4.90 Å². The molecule has 1 saturated heterocycles. The summed E-state index contributed by atoms with van der Waals surface area (Å²) in [5.41, 5.74) is 1.06. The van der Waals surface area contributed by atoms with E-state index in [1.54, 1.807) is 25.1 Å². The van der Waals surface area contributed by atoms with Crippen LogP contribution in [-0.4, -0.2) is 42.7 Å². The molecule has 0 aliphatic carbocycles. The molecular weight excluding hydrogens is 556 g/mol. The summed E-state index contributed by atoms with van der Waals surface area (Å²) in [6.07, 6.45) is -2.72. The fourth-order valence-corrected chi connectivity index (χ4v) is 7.54. The quantitative estimate of drug-likeness (QED) is 0.227. The number of ether oxygens (including phenoxy) is 3. The van der Waals surface area contributed by atoms with Crippen molar-refractivity contribution >= 4 is 21.6 Å². The molecule has 214 valence electrons. The summed E-state index contributed by atoms with van der Waals surface area (Å²) in [6, 6.07) is 34.0. The van der Waals surface area contributed by atoms with Gasteiger partial charge in [0.1, 0.15) is 23.7 Å². The zero-order valence-electron chi connectivity index (χ0n) is 23.0. The molecule has 4 aromatic carbocycles. The molecule has 4 aromatic rings. The van der Waals surface area contributed by atoms with Gasteiger partial charge in [-0.1, -0.05) is 108 Å². The van der Waals surface area contributed by atoms with Gasteiger partial charge in [0.25, 0.3) is 0 Å². The second-order valence-corrected chi connectivity index (χ2v) is 13.3. The molecule has 6 nitrogen and oxygen atoms in total. The van der Waals surface area contributed by atoms with E-state index >= 15 is 0 Å². The van der Waals surface area contributed by atoms with Crippen LogP contribution in [0.15, 0.2) is 119 Å². The molecule has 1 aliphatic heterocycles. The van der Waals surface area contributed by atoms with Crippen molar-refractivity contribution in [1.82, 2.24) is 0 Å². The molecule has 0 amide bonds. The Kier molecular flexibility index (Phi) is 9.60. The van der Waals surface area contributed by atoms with Gasteiger partial charge in [-0.25, -0.2) is 8.42 Å². The van der Waals surface area contributed by atoms with Gasteiger partial charge >= 0.3 is 0 Å². The largest absolute Gasteiger partial charge is 0.375 e. The van der Waals surface area contributed by atoms with Crippen molar-refractivity contribution in [3.8, 4) is 0 Å². The highest BCUT2D eigenvalue weighted by Gasteiger charge is 2.53. The van der Waals surface area contributed by atoms with Crippen LogP contribution in [0, 0.1) is 13.8 Å². The standard InChI is InChI=1S/C33H34O6S2/c1-23-17-19-27(20-18-23)40-33-31(38-22-26-14-7-4-8-15-26)29(37-21-25-12-5-3-6-13-25)30(39-33)32(34)41(35,36)28-16-10-9-11-24(28)2/h3-20,29-34H,21-22H2,1-2H3/t29-,30-,31+,32?,33-/m0/s1. The molecule has 8 heteroatoms. The number of rotatable bonds is 11. The molecule has 5 atom stereocenters. The lowest BCUT2D eigenvalue weighted by Crippen LogP contribution is -2.45. The first-order valence-electron chi connectivity index (χ1n) is 13.5. The fraction of sp³-hybridized carbons (Fsp3) is 0.273. The van der Waals surface area contributed by atoms with E-state index in [1.165, 1.54) is 17.8 Å². The molecule has 0 aromatic heterocycles. The van der Waals surface area contributed by atoms with E-state index in [0.717, 1.165) is 21.6 Å². The highest BCUT2D eigenvalue weighted by Crippen LogP contribution is 2.40. The number of aliphatic hydroxyl groups excluding tert-OH is 1. The predicted octanol–water partition coefficient (Wildman–Crippen LogP) is 6.08. The summed E-state index contributed by atoms with van der Waals surface area (Å²) in [5, 5.41) is 11.5. The smallest absolute Gasteiger partial charge is 0.207 e. The summed E-state index contributed by atoms with van der Waals surface area (Å²) in [6.45, 7) is 4.21. The molecule has 0 saturated carbocycles. The van der Waals surface area contributed by atoms with Crippen molar-refractivity contribution < 1.29 is 27.7 Å². The Morgan fingerprint density at radius 2 is 1.29 bits per heavy atom. The summed E-state index contributed by atoms with van der Waals surface area (Å²) < 4.78 is 46.7. The van der Waals surface area contributed by atoms with Crippen molar-refractivity contribution in [3.63, 3.8) is 0 Å². The second kappa shape index (κ2) is 13.3. The minimum absolute atomic E-state index is 0.0642. The van der Waals surface area contributed by atoms with Crippen LogP contribution in [0.25, 0.3) is 0 Å². The van der Waals surface area contributed by atoms with Crippen LogP contribution >= 0.6 is 11.8 Å². The van der Waals surface area contributed by atoms with E-state index in [2.05, 4.69) is 0 Å². The average molecular weight is 591 g/mol. The number of thioether (sulfide) groups is 1. The van der Waals surface area contributed by atoms with Crippen LogP contribution < -0.4 is 0 Å². The van der Waals surface area contributed by atoms with Crippen LogP contribution in [-0.2, 0) is 37.3 Å². The molecule has 1 aliphatic rings. The maximum Gasteiger partial charge on any atom is 0.207 e. The lowest BCUT2D eigenvalue weighted by molar-refractivity contribution is -0.0868. The van der Waals surface area contributed by atoms with Crippen LogP contribution in [0.2, 0.25) is 0 Å². The number of sulfone groups is 1. The molecule has 0 spiro atoms. The number of aryl methyl sites for hydroxylation is 2. The molecule has 0 radical (unpaired) electrons. The minimum atomic E-state index is -4.18. The lowest BCUT2D eigenvalue weighted by atomic mass is 10.1. The van der Waals surface area contributed by atoms with Gasteiger partial charge in [0.15, 0.2) is 5.44 Å². The monoisotopic (exact) mass is 590 g/mol. The Hall–Kier alpha value is -2.98. The first kappa shape index (κ1) is 29.5. The summed E-state index contributed by atoms with van der Waals surface area (Å²) >= 11 is 1.43. The summed E-state index contributed by atoms with van der Waals surface area (Å²) in [4.78, 5) is 1.00. The number of hydrogen-bond donors (Lipinski definition) is 1. The Morgan fingerprint density at radius 3 is 1.88 bits per heavy atom. The normalized spacial score (nSPS) is 21.5. The Balaban J connectivity index is 1.49. The van der Waals surface area contributed by atoms with E-state index in [4.69, 9.17) is 14.2 Å². The van der Waals surface area contributed by atoms with Crippen LogP contribution in [0.5, 0.6) is 0 Å². The summed E-state index contributed by atoms with van der Waals surface area (Å²) in [7, 11) is -4.18. The molecule has 41 heavy (non-hydrogen) atoms. The first-order chi connectivity index (χ1) is 19.8. The molecule has 0 bridgehead atoms. The van der Waals surface area contributed by atoms with E-state index in [1.807, 2.05) is 91.9 Å². The molecule has 1 N–H and O–H groups in total. The number of hydrogen-bond acceptors (Lipinski definition) is 7. The molecule has 5 rings (SSSR count). The van der Waals surface area contributed by atoms with Gasteiger partial charge in [0.05, 0.1) is 18.1 Å². The molecular formula is C33H34O6S2. The minimum Gasteiger partial charge on any atom is -0.375 e. The molecule has 1 unspecified atom stereocenters. The number of benzene rings is 4. The number of aliphatic hydroxyl groups is 1. The molecule has 1 fully saturated rings. The van der Waals surface area contributed by atoms with E-state index < -0.39 is 39.0 Å². The van der Waals surface area contributed by atoms with Crippen molar-refractivity contribution in [3.05, 3.63) is 131 Å². The van der Waals surface area contributed by atoms with Crippen molar-refractivity contribution in [2.75, 3.05) is 0 Å². The summed E-state index contributed by atoms with van der Waals surface area (Å²) in [5.74, 6) is 0. The van der Waals surface area contributed by atoms with Crippen LogP contribution in [0.1, 0.15) is 22.3 Å². The second-order valence-electron chi connectivity index (χ2n) is 10.1. The highest BCUT2D eigenvalue weighted by atomic mass is 32.2. The van der Waals surface area contributed by atoms with E-state index in [-0.39, 0.29) is 18.1 Å². The third-order valence-corrected chi connectivity index (χ3v) is 10.2. The van der Waals surface area contributed by atoms with Gasteiger partial charge < -0.3 is 19.3 Å². The van der Waals surface area contributed by atoms with E-state index in [9.17, 15) is 13.5 Å². The van der Waals surface area contributed by atoms with Crippen molar-refractivity contribution in [1.29, 1.82) is 0 Å². The highest BCUT2D eigenvalue weighted by molar-refractivity contribution is 7.99. The Labute approximate surface area is 246 Å². The van der Waals surface area contributed by atoms with Gasteiger partial charge in [-0.2, -0.15) is 0 Å². The molecule has 1 heterocycles. The van der Waals surface area contributed by atoms with Gasteiger partial charge in [-0.15, -0.1) is 0 Å². The first-order valence-corrected chi connectivity index (χ1v) is 15.9. The Bertz CT molecular complexity index is 1510. The van der Waals surface area contributed by atoms with Gasteiger partial charge in [-0.05, 0) is 48.7 Å². The fourth-order valence-electron chi connectivity index (χ4n) is 4.81. The average Bonchev–Trinajstić information content (AvgIpc) is 3.33.